The lowest BCUT2D eigenvalue weighted by Crippen LogP contribution is -2.22. The highest BCUT2D eigenvalue weighted by molar-refractivity contribution is 7.44. The SMILES string of the molecule is C=C(C)C(=O)OC(O)CC[Si](C)(Cl)Cl. The molecule has 0 amide bonds. The number of esters is 1. The molecule has 0 aliphatic rings. The predicted molar refractivity (Wildman–Crippen MR) is 59.7 cm³/mol. The van der Waals surface area contributed by atoms with Gasteiger partial charge < -0.3 is 9.84 Å². The smallest absolute Gasteiger partial charge is 0.335 e. The van der Waals surface area contributed by atoms with Crippen molar-refractivity contribution in [3.05, 3.63) is 12.2 Å². The lowest BCUT2D eigenvalue weighted by atomic mass is 10.3. The third kappa shape index (κ3) is 7.38. The molecule has 0 fully saturated rings. The highest BCUT2D eigenvalue weighted by Gasteiger charge is 2.23. The van der Waals surface area contributed by atoms with Crippen LogP contribution in [0.5, 0.6) is 0 Å². The van der Waals surface area contributed by atoms with E-state index in [4.69, 9.17) is 22.2 Å². The average molecular weight is 257 g/mol. The Kier molecular flexibility index (Phi) is 5.74. The predicted octanol–water partition coefficient (Wildman–Crippen LogP) is 2.36. The highest BCUT2D eigenvalue weighted by atomic mass is 35.7. The minimum absolute atomic E-state index is 0.251. The summed E-state index contributed by atoms with van der Waals surface area (Å²) in [7, 11) is 0. The second kappa shape index (κ2) is 5.75. The van der Waals surface area contributed by atoms with E-state index in [1.807, 2.05) is 0 Å². The zero-order valence-corrected chi connectivity index (χ0v) is 10.7. The van der Waals surface area contributed by atoms with Crippen LogP contribution in [0.25, 0.3) is 0 Å². The first-order valence-electron chi connectivity index (χ1n) is 4.15. The van der Waals surface area contributed by atoms with Crippen LogP contribution in [0, 0.1) is 0 Å². The normalized spacial score (nSPS) is 13.5. The number of aliphatic hydroxyl groups is 1. The summed E-state index contributed by atoms with van der Waals surface area (Å²) >= 11 is 11.6. The van der Waals surface area contributed by atoms with E-state index in [-0.39, 0.29) is 12.0 Å². The molecule has 0 saturated carbocycles. The Morgan fingerprint density at radius 2 is 2.14 bits per heavy atom. The Hall–Kier alpha value is -0.0331. The molecule has 6 heteroatoms. The fraction of sp³-hybridized carbons (Fsp3) is 0.625. The van der Waals surface area contributed by atoms with Gasteiger partial charge in [-0.25, -0.2) is 4.79 Å². The van der Waals surface area contributed by atoms with Crippen LogP contribution in [0.2, 0.25) is 12.6 Å². The zero-order chi connectivity index (χ0) is 11.4. The Labute approximate surface area is 94.1 Å². The Morgan fingerprint density at radius 1 is 1.64 bits per heavy atom. The van der Waals surface area contributed by atoms with Crippen molar-refractivity contribution in [2.24, 2.45) is 0 Å². The number of aliphatic hydroxyl groups excluding tert-OH is 1. The summed E-state index contributed by atoms with van der Waals surface area (Å²) in [5.41, 5.74) is 0.251. The van der Waals surface area contributed by atoms with Gasteiger partial charge in [0.15, 0.2) is 0 Å². The van der Waals surface area contributed by atoms with E-state index in [0.717, 1.165) is 0 Å². The summed E-state index contributed by atoms with van der Waals surface area (Å²) in [5.74, 6) is -0.606. The Balaban J connectivity index is 3.82. The van der Waals surface area contributed by atoms with Crippen molar-refractivity contribution < 1.29 is 14.6 Å². The molecule has 82 valence electrons. The first-order chi connectivity index (χ1) is 6.22. The summed E-state index contributed by atoms with van der Waals surface area (Å²) in [6, 6.07) is 0.473. The molecule has 0 spiro atoms. The largest absolute Gasteiger partial charge is 0.433 e. The van der Waals surface area contributed by atoms with E-state index in [1.54, 1.807) is 6.55 Å². The number of hydrogen-bond donors (Lipinski definition) is 1. The number of carbonyl (C=O) groups excluding carboxylic acids is 1. The number of carbonyl (C=O) groups is 1. The summed E-state index contributed by atoms with van der Waals surface area (Å²) in [6.45, 7) is 4.41. The van der Waals surface area contributed by atoms with Crippen molar-refractivity contribution in [2.75, 3.05) is 0 Å². The topological polar surface area (TPSA) is 46.5 Å². The third-order valence-electron chi connectivity index (χ3n) is 1.42. The van der Waals surface area contributed by atoms with Crippen LogP contribution in [0.4, 0.5) is 0 Å². The van der Waals surface area contributed by atoms with Gasteiger partial charge in [-0.3, -0.25) is 0 Å². The van der Waals surface area contributed by atoms with Gasteiger partial charge in [-0.1, -0.05) is 6.58 Å². The molecule has 0 bridgehead atoms. The zero-order valence-electron chi connectivity index (χ0n) is 8.22. The first-order valence-corrected chi connectivity index (χ1v) is 8.88. The molecule has 0 aliphatic heterocycles. The van der Waals surface area contributed by atoms with Gasteiger partial charge in [0.1, 0.15) is 0 Å². The van der Waals surface area contributed by atoms with Crippen LogP contribution in [0.1, 0.15) is 13.3 Å². The molecule has 3 nitrogen and oxygen atoms in total. The van der Waals surface area contributed by atoms with Crippen LogP contribution in [-0.2, 0) is 9.53 Å². The summed E-state index contributed by atoms with van der Waals surface area (Å²) < 4.78 is 4.63. The van der Waals surface area contributed by atoms with Gasteiger partial charge in [0.05, 0.1) is 0 Å². The highest BCUT2D eigenvalue weighted by Crippen LogP contribution is 2.22. The van der Waals surface area contributed by atoms with Crippen molar-refractivity contribution in [1.29, 1.82) is 0 Å². The average Bonchev–Trinajstić information content (AvgIpc) is 1.99. The Morgan fingerprint density at radius 3 is 2.50 bits per heavy atom. The van der Waals surface area contributed by atoms with Crippen molar-refractivity contribution >= 4 is 34.8 Å². The molecule has 0 aliphatic carbocycles. The van der Waals surface area contributed by atoms with Gasteiger partial charge >= 0.3 is 5.97 Å². The molecule has 0 heterocycles. The molecule has 1 atom stereocenters. The maximum absolute atomic E-state index is 10.9. The van der Waals surface area contributed by atoms with Crippen LogP contribution in [-0.4, -0.2) is 24.1 Å². The number of ether oxygens (including phenoxy) is 1. The minimum Gasteiger partial charge on any atom is -0.433 e. The van der Waals surface area contributed by atoms with Gasteiger partial charge in [0.25, 0.3) is 0 Å². The first kappa shape index (κ1) is 14.0. The maximum Gasteiger partial charge on any atom is 0.335 e. The molecule has 0 rings (SSSR count). The fourth-order valence-corrected chi connectivity index (χ4v) is 2.07. The molecule has 1 N–H and O–H groups in total. The van der Waals surface area contributed by atoms with E-state index < -0.39 is 19.0 Å². The number of halogens is 2. The molecule has 1 unspecified atom stereocenters. The second-order valence-electron chi connectivity index (χ2n) is 3.25. The fourth-order valence-electron chi connectivity index (χ4n) is 0.660. The summed E-state index contributed by atoms with van der Waals surface area (Å²) in [4.78, 5) is 10.9. The van der Waals surface area contributed by atoms with Gasteiger partial charge in [0, 0.05) is 12.0 Å². The number of hydrogen-bond acceptors (Lipinski definition) is 3. The third-order valence-corrected chi connectivity index (χ3v) is 3.72. The van der Waals surface area contributed by atoms with Gasteiger partial charge in [-0.2, -0.15) is 0 Å². The lowest BCUT2D eigenvalue weighted by Gasteiger charge is -2.14. The van der Waals surface area contributed by atoms with E-state index in [0.29, 0.717) is 6.04 Å². The minimum atomic E-state index is -2.23. The van der Waals surface area contributed by atoms with Crippen LogP contribution in [0.3, 0.4) is 0 Å². The van der Waals surface area contributed by atoms with Gasteiger partial charge in [0.2, 0.25) is 13.0 Å². The van der Waals surface area contributed by atoms with Crippen LogP contribution < -0.4 is 0 Å². The van der Waals surface area contributed by atoms with Gasteiger partial charge in [-0.05, 0) is 19.5 Å². The number of rotatable bonds is 5. The van der Waals surface area contributed by atoms with Crippen molar-refractivity contribution in [2.45, 2.75) is 32.2 Å². The van der Waals surface area contributed by atoms with E-state index in [2.05, 4.69) is 11.3 Å². The molecule has 0 aromatic rings. The molecular weight excluding hydrogens is 243 g/mol. The molecule has 0 radical (unpaired) electrons. The van der Waals surface area contributed by atoms with Crippen molar-refractivity contribution in [3.63, 3.8) is 0 Å². The van der Waals surface area contributed by atoms with Crippen molar-refractivity contribution in [3.8, 4) is 0 Å². The quantitative estimate of drug-likeness (QED) is 0.270. The van der Waals surface area contributed by atoms with Crippen LogP contribution >= 0.6 is 22.2 Å². The van der Waals surface area contributed by atoms with Crippen LogP contribution in [0.15, 0.2) is 12.2 Å². The van der Waals surface area contributed by atoms with E-state index in [1.165, 1.54) is 6.92 Å². The standard InChI is InChI=1S/C8H14Cl2O3Si/c1-6(2)8(12)13-7(11)4-5-14(3,9)10/h7,11H,1,4-5H2,2-3H3. The van der Waals surface area contributed by atoms with Crippen molar-refractivity contribution in [1.82, 2.24) is 0 Å². The molecule has 0 saturated heterocycles. The summed E-state index contributed by atoms with van der Waals surface area (Å²) in [5, 5.41) is 9.25. The molecule has 0 aromatic carbocycles. The lowest BCUT2D eigenvalue weighted by molar-refractivity contribution is -0.162. The van der Waals surface area contributed by atoms with Gasteiger partial charge in [-0.15, -0.1) is 22.2 Å². The van der Waals surface area contributed by atoms with E-state index >= 15 is 0 Å². The molecular formula is C8H14Cl2O3Si. The second-order valence-corrected chi connectivity index (χ2v) is 11.5. The molecule has 14 heavy (non-hydrogen) atoms. The monoisotopic (exact) mass is 256 g/mol. The summed E-state index contributed by atoms with van der Waals surface area (Å²) in [6.07, 6.45) is -0.891. The Bertz CT molecular complexity index is 225. The van der Waals surface area contributed by atoms with E-state index in [9.17, 15) is 9.90 Å². The maximum atomic E-state index is 10.9. The molecule has 0 aromatic heterocycles.